The van der Waals surface area contributed by atoms with E-state index in [-0.39, 0.29) is 29.6 Å². The molecule has 0 bridgehead atoms. The smallest absolute Gasteiger partial charge is 0.227 e. The van der Waals surface area contributed by atoms with Gasteiger partial charge in [-0.15, -0.1) is 0 Å². The second kappa shape index (κ2) is 7.30. The van der Waals surface area contributed by atoms with Crippen molar-refractivity contribution < 1.29 is 14.3 Å². The Morgan fingerprint density at radius 3 is 2.46 bits per heavy atom. The van der Waals surface area contributed by atoms with Crippen molar-refractivity contribution in [3.63, 3.8) is 0 Å². The van der Waals surface area contributed by atoms with Crippen LogP contribution in [0, 0.1) is 11.3 Å². The number of para-hydroxylation sites is 2. The fourth-order valence-corrected chi connectivity index (χ4v) is 4.42. The number of methoxy groups -OCH3 is 1. The summed E-state index contributed by atoms with van der Waals surface area (Å²) < 4.78 is 5.37. The number of nitrogens with zero attached hydrogens (tertiary/aromatic N) is 1. The van der Waals surface area contributed by atoms with Crippen LogP contribution >= 0.6 is 0 Å². The first kappa shape index (κ1) is 18.5. The molecule has 5 heteroatoms. The quantitative estimate of drug-likeness (QED) is 0.870. The Labute approximate surface area is 165 Å². The maximum Gasteiger partial charge on any atom is 0.227 e. The van der Waals surface area contributed by atoms with Gasteiger partial charge >= 0.3 is 0 Å². The Morgan fingerprint density at radius 2 is 1.79 bits per heavy atom. The molecule has 146 valence electrons. The minimum atomic E-state index is -0.329. The van der Waals surface area contributed by atoms with Gasteiger partial charge in [-0.25, -0.2) is 0 Å². The summed E-state index contributed by atoms with van der Waals surface area (Å²) in [6.45, 7) is 3.23. The van der Waals surface area contributed by atoms with Gasteiger partial charge in [0.2, 0.25) is 11.8 Å². The molecule has 0 spiro atoms. The highest BCUT2D eigenvalue weighted by atomic mass is 16.5. The van der Waals surface area contributed by atoms with Crippen LogP contribution in [-0.2, 0) is 22.4 Å². The number of fused-ring (bicyclic) bond motifs is 1. The molecule has 0 aromatic heterocycles. The third-order valence-electron chi connectivity index (χ3n) is 5.91. The number of amides is 2. The normalized spacial score (nSPS) is 20.1. The molecule has 0 radical (unpaired) electrons. The molecule has 28 heavy (non-hydrogen) atoms. The van der Waals surface area contributed by atoms with Crippen LogP contribution in [-0.4, -0.2) is 32.0 Å². The van der Waals surface area contributed by atoms with E-state index < -0.39 is 0 Å². The topological polar surface area (TPSA) is 58.6 Å². The van der Waals surface area contributed by atoms with E-state index in [1.165, 1.54) is 11.1 Å². The van der Waals surface area contributed by atoms with E-state index in [1.54, 1.807) is 12.0 Å². The Balaban J connectivity index is 1.38. The van der Waals surface area contributed by atoms with Crippen molar-refractivity contribution in [2.45, 2.75) is 26.2 Å². The minimum Gasteiger partial charge on any atom is -0.495 e. The molecule has 1 aliphatic carbocycles. The Kier molecular flexibility index (Phi) is 4.84. The molecule has 1 unspecified atom stereocenters. The fraction of sp³-hybridized carbons (Fsp3) is 0.391. The van der Waals surface area contributed by atoms with E-state index in [2.05, 4.69) is 36.5 Å². The zero-order valence-corrected chi connectivity index (χ0v) is 16.4. The van der Waals surface area contributed by atoms with Crippen LogP contribution in [0.4, 0.5) is 5.69 Å². The lowest BCUT2D eigenvalue weighted by Crippen LogP contribution is -2.40. The fourth-order valence-electron chi connectivity index (χ4n) is 4.42. The largest absolute Gasteiger partial charge is 0.495 e. The second-order valence-electron chi connectivity index (χ2n) is 8.23. The molecule has 1 N–H and O–H groups in total. The highest BCUT2D eigenvalue weighted by Gasteiger charge is 2.38. The maximum absolute atomic E-state index is 12.8. The number of hydrogen-bond donors (Lipinski definition) is 1. The molecule has 5 nitrogen and oxygen atoms in total. The van der Waals surface area contributed by atoms with Gasteiger partial charge < -0.3 is 15.0 Å². The average molecular weight is 378 g/mol. The van der Waals surface area contributed by atoms with Crippen molar-refractivity contribution in [1.29, 1.82) is 0 Å². The number of carbonyl (C=O) groups excluding carboxylic acids is 2. The van der Waals surface area contributed by atoms with Crippen molar-refractivity contribution in [2.24, 2.45) is 11.3 Å². The first-order chi connectivity index (χ1) is 13.5. The summed E-state index contributed by atoms with van der Waals surface area (Å²) >= 11 is 0. The molecule has 1 aliphatic heterocycles. The zero-order chi connectivity index (χ0) is 19.7. The first-order valence-corrected chi connectivity index (χ1v) is 9.77. The SMILES string of the molecule is COc1ccccc1N1CC(C(=O)NCC2(C)Cc3ccccc3C2)CC1=O. The van der Waals surface area contributed by atoms with Gasteiger partial charge in [0.25, 0.3) is 0 Å². The summed E-state index contributed by atoms with van der Waals surface area (Å²) in [5, 5.41) is 3.11. The van der Waals surface area contributed by atoms with Gasteiger partial charge in [0.1, 0.15) is 5.75 Å². The molecule has 2 amide bonds. The zero-order valence-electron chi connectivity index (χ0n) is 16.4. The first-order valence-electron chi connectivity index (χ1n) is 9.77. The van der Waals surface area contributed by atoms with Gasteiger partial charge in [-0.2, -0.15) is 0 Å². The number of carbonyl (C=O) groups is 2. The lowest BCUT2D eigenvalue weighted by Gasteiger charge is -2.25. The molecule has 0 saturated carbocycles. The Morgan fingerprint density at radius 1 is 1.14 bits per heavy atom. The lowest BCUT2D eigenvalue weighted by molar-refractivity contribution is -0.126. The van der Waals surface area contributed by atoms with Crippen LogP contribution in [0.5, 0.6) is 5.75 Å². The third-order valence-corrected chi connectivity index (χ3v) is 5.91. The standard InChI is InChI=1S/C23H26N2O3/c1-23(12-16-7-3-4-8-17(16)13-23)15-24-22(27)18-11-21(26)25(14-18)19-9-5-6-10-20(19)28-2/h3-10,18H,11-15H2,1-2H3,(H,24,27). The molecule has 1 heterocycles. The maximum atomic E-state index is 12.8. The number of rotatable bonds is 5. The van der Waals surface area contributed by atoms with Gasteiger partial charge in [0, 0.05) is 19.5 Å². The number of ether oxygens (including phenoxy) is 1. The van der Waals surface area contributed by atoms with Gasteiger partial charge in [-0.3, -0.25) is 9.59 Å². The second-order valence-corrected chi connectivity index (χ2v) is 8.23. The summed E-state index contributed by atoms with van der Waals surface area (Å²) in [4.78, 5) is 27.0. The van der Waals surface area contributed by atoms with Crippen LogP contribution < -0.4 is 15.0 Å². The molecule has 2 aromatic carbocycles. The molecule has 1 saturated heterocycles. The van der Waals surface area contributed by atoms with E-state index in [0.29, 0.717) is 18.8 Å². The highest BCUT2D eigenvalue weighted by Crippen LogP contribution is 2.36. The Hall–Kier alpha value is -2.82. The van der Waals surface area contributed by atoms with E-state index in [9.17, 15) is 9.59 Å². The van der Waals surface area contributed by atoms with E-state index >= 15 is 0 Å². The van der Waals surface area contributed by atoms with Crippen LogP contribution in [0.25, 0.3) is 0 Å². The molecule has 2 aliphatic rings. The number of anilines is 1. The third kappa shape index (κ3) is 3.49. The van der Waals surface area contributed by atoms with E-state index in [1.807, 2.05) is 24.3 Å². The van der Waals surface area contributed by atoms with Gasteiger partial charge in [-0.1, -0.05) is 43.3 Å². The average Bonchev–Trinajstić information content (AvgIpc) is 3.25. The van der Waals surface area contributed by atoms with E-state index in [4.69, 9.17) is 4.74 Å². The Bertz CT molecular complexity index is 883. The van der Waals surface area contributed by atoms with Gasteiger partial charge in [0.05, 0.1) is 18.7 Å². The summed E-state index contributed by atoms with van der Waals surface area (Å²) in [6.07, 6.45) is 2.18. The molecule has 4 rings (SSSR count). The van der Waals surface area contributed by atoms with Gasteiger partial charge in [-0.05, 0) is 41.5 Å². The molecular weight excluding hydrogens is 352 g/mol. The van der Waals surface area contributed by atoms with Crippen molar-refractivity contribution in [1.82, 2.24) is 5.32 Å². The lowest BCUT2D eigenvalue weighted by atomic mass is 9.87. The van der Waals surface area contributed by atoms with Crippen molar-refractivity contribution >= 4 is 17.5 Å². The predicted molar refractivity (Wildman–Crippen MR) is 108 cm³/mol. The molecule has 1 atom stereocenters. The predicted octanol–water partition coefficient (Wildman–Crippen LogP) is 2.97. The molecular formula is C23H26N2O3. The summed E-state index contributed by atoms with van der Waals surface area (Å²) in [5.74, 6) is 0.241. The van der Waals surface area contributed by atoms with Crippen molar-refractivity contribution in [3.05, 3.63) is 59.7 Å². The van der Waals surface area contributed by atoms with Crippen molar-refractivity contribution in [2.75, 3.05) is 25.1 Å². The van der Waals surface area contributed by atoms with Crippen LogP contribution in [0.3, 0.4) is 0 Å². The molecule has 2 aromatic rings. The summed E-state index contributed by atoms with van der Waals surface area (Å²) in [7, 11) is 1.59. The summed E-state index contributed by atoms with van der Waals surface area (Å²) in [6, 6.07) is 15.9. The van der Waals surface area contributed by atoms with E-state index in [0.717, 1.165) is 18.5 Å². The number of hydrogen-bond acceptors (Lipinski definition) is 3. The monoisotopic (exact) mass is 378 g/mol. The molecule has 1 fully saturated rings. The number of nitrogens with one attached hydrogen (secondary N) is 1. The van der Waals surface area contributed by atoms with Crippen LogP contribution in [0.2, 0.25) is 0 Å². The highest BCUT2D eigenvalue weighted by molar-refractivity contribution is 6.01. The van der Waals surface area contributed by atoms with Crippen LogP contribution in [0.1, 0.15) is 24.5 Å². The van der Waals surface area contributed by atoms with Crippen LogP contribution in [0.15, 0.2) is 48.5 Å². The summed E-state index contributed by atoms with van der Waals surface area (Å²) in [5.41, 5.74) is 3.50. The minimum absolute atomic E-state index is 0.0320. The number of benzene rings is 2. The van der Waals surface area contributed by atoms with Gasteiger partial charge in [0.15, 0.2) is 0 Å². The van der Waals surface area contributed by atoms with Crippen molar-refractivity contribution in [3.8, 4) is 5.75 Å².